The minimum atomic E-state index is -3.75. The summed E-state index contributed by atoms with van der Waals surface area (Å²) in [6, 6.07) is 16.5. The van der Waals surface area contributed by atoms with Crippen LogP contribution in [-0.2, 0) is 22.8 Å². The second-order valence-corrected chi connectivity index (χ2v) is 7.57. The number of aryl methyl sites for hydroxylation is 2. The van der Waals surface area contributed by atoms with E-state index in [1.807, 2.05) is 49.4 Å². The first-order valence-corrected chi connectivity index (χ1v) is 9.58. The molecule has 0 saturated carbocycles. The van der Waals surface area contributed by atoms with E-state index in [9.17, 15) is 8.42 Å². The van der Waals surface area contributed by atoms with Gasteiger partial charge in [0.15, 0.2) is 5.89 Å². The van der Waals surface area contributed by atoms with Crippen LogP contribution in [-0.4, -0.2) is 13.4 Å². The number of sulfone groups is 1. The number of anilines is 1. The van der Waals surface area contributed by atoms with Crippen LogP contribution in [0.5, 0.6) is 0 Å². The Bertz CT molecular complexity index is 946. The van der Waals surface area contributed by atoms with Crippen molar-refractivity contribution in [2.45, 2.75) is 36.7 Å². The van der Waals surface area contributed by atoms with Crippen molar-refractivity contribution < 1.29 is 12.8 Å². The lowest BCUT2D eigenvalue weighted by atomic mass is 10.2. The molecule has 25 heavy (non-hydrogen) atoms. The highest BCUT2D eigenvalue weighted by atomic mass is 32.2. The molecule has 1 heterocycles. The summed E-state index contributed by atoms with van der Waals surface area (Å²) < 4.78 is 31.3. The van der Waals surface area contributed by atoms with Gasteiger partial charge in [0.2, 0.25) is 20.7 Å². The Hall–Kier alpha value is -2.60. The summed E-state index contributed by atoms with van der Waals surface area (Å²) in [4.78, 5) is 4.31. The quantitative estimate of drug-likeness (QED) is 0.723. The maximum atomic E-state index is 12.9. The molecule has 0 aliphatic rings. The SMILES string of the molecule is CCc1ccc(S(=O)(=O)c2nc(C)oc2NCc2ccccc2)cc1. The van der Waals surface area contributed by atoms with Gasteiger partial charge < -0.3 is 9.73 Å². The van der Waals surface area contributed by atoms with E-state index in [1.165, 1.54) is 0 Å². The molecular formula is C19H20N2O3S. The predicted octanol–water partition coefficient (Wildman–Crippen LogP) is 3.99. The Morgan fingerprint density at radius 3 is 2.32 bits per heavy atom. The normalized spacial score (nSPS) is 11.4. The number of rotatable bonds is 6. The van der Waals surface area contributed by atoms with E-state index in [-0.39, 0.29) is 15.8 Å². The first-order valence-electron chi connectivity index (χ1n) is 8.10. The predicted molar refractivity (Wildman–Crippen MR) is 96.3 cm³/mol. The van der Waals surface area contributed by atoms with Gasteiger partial charge in [0.05, 0.1) is 4.90 Å². The smallest absolute Gasteiger partial charge is 0.233 e. The molecule has 3 rings (SSSR count). The summed E-state index contributed by atoms with van der Waals surface area (Å²) in [5, 5.41) is 2.96. The average Bonchev–Trinajstić information content (AvgIpc) is 3.02. The molecule has 2 aromatic carbocycles. The van der Waals surface area contributed by atoms with E-state index in [0.29, 0.717) is 12.4 Å². The van der Waals surface area contributed by atoms with E-state index in [2.05, 4.69) is 10.3 Å². The minimum Gasteiger partial charge on any atom is -0.424 e. The largest absolute Gasteiger partial charge is 0.424 e. The van der Waals surface area contributed by atoms with E-state index in [1.54, 1.807) is 19.1 Å². The second-order valence-electron chi connectivity index (χ2n) is 5.71. The number of aromatic nitrogens is 1. The van der Waals surface area contributed by atoms with Crippen LogP contribution in [0.1, 0.15) is 23.9 Å². The van der Waals surface area contributed by atoms with Gasteiger partial charge in [0.1, 0.15) is 0 Å². The van der Waals surface area contributed by atoms with E-state index >= 15 is 0 Å². The molecule has 1 N–H and O–H groups in total. The Kier molecular flexibility index (Phi) is 4.90. The van der Waals surface area contributed by atoms with Gasteiger partial charge in [-0.15, -0.1) is 0 Å². The monoisotopic (exact) mass is 356 g/mol. The summed E-state index contributed by atoms with van der Waals surface area (Å²) >= 11 is 0. The lowest BCUT2D eigenvalue weighted by molar-refractivity contribution is 0.531. The van der Waals surface area contributed by atoms with Crippen molar-refractivity contribution in [1.29, 1.82) is 0 Å². The third-order valence-corrected chi connectivity index (χ3v) is 5.57. The van der Waals surface area contributed by atoms with E-state index < -0.39 is 9.84 Å². The van der Waals surface area contributed by atoms with Crippen LogP contribution in [0.15, 0.2) is 68.9 Å². The van der Waals surface area contributed by atoms with Crippen molar-refractivity contribution in [3.8, 4) is 0 Å². The first kappa shape index (κ1) is 17.2. The summed E-state index contributed by atoms with van der Waals surface area (Å²) in [6.07, 6.45) is 0.854. The van der Waals surface area contributed by atoms with Crippen LogP contribution >= 0.6 is 0 Å². The number of hydrogen-bond acceptors (Lipinski definition) is 5. The lowest BCUT2D eigenvalue weighted by Crippen LogP contribution is -2.07. The molecule has 0 aliphatic carbocycles. The lowest BCUT2D eigenvalue weighted by Gasteiger charge is -2.07. The van der Waals surface area contributed by atoms with Crippen LogP contribution in [0.2, 0.25) is 0 Å². The summed E-state index contributed by atoms with van der Waals surface area (Å²) in [5.41, 5.74) is 2.10. The maximum absolute atomic E-state index is 12.9. The number of nitrogens with zero attached hydrogens (tertiary/aromatic N) is 1. The number of benzene rings is 2. The number of oxazole rings is 1. The molecule has 0 radical (unpaired) electrons. The van der Waals surface area contributed by atoms with Gasteiger partial charge in [-0.3, -0.25) is 0 Å². The molecule has 0 aliphatic heterocycles. The average molecular weight is 356 g/mol. The zero-order valence-corrected chi connectivity index (χ0v) is 15.0. The van der Waals surface area contributed by atoms with E-state index in [0.717, 1.165) is 17.5 Å². The Morgan fingerprint density at radius 2 is 1.68 bits per heavy atom. The number of hydrogen-bond donors (Lipinski definition) is 1. The van der Waals surface area contributed by atoms with Gasteiger partial charge in [-0.25, -0.2) is 8.42 Å². The maximum Gasteiger partial charge on any atom is 0.233 e. The molecule has 0 spiro atoms. The molecule has 5 nitrogen and oxygen atoms in total. The van der Waals surface area contributed by atoms with Crippen molar-refractivity contribution in [2.75, 3.05) is 5.32 Å². The third-order valence-electron chi connectivity index (χ3n) is 3.90. The Labute approximate surface area is 147 Å². The molecule has 3 aromatic rings. The molecule has 0 fully saturated rings. The minimum absolute atomic E-state index is 0.0785. The van der Waals surface area contributed by atoms with Crippen LogP contribution in [0.3, 0.4) is 0 Å². The fourth-order valence-electron chi connectivity index (χ4n) is 2.50. The molecule has 0 saturated heterocycles. The zero-order chi connectivity index (χ0) is 17.9. The molecule has 0 amide bonds. The molecule has 6 heteroatoms. The van der Waals surface area contributed by atoms with Crippen LogP contribution in [0, 0.1) is 6.92 Å². The molecule has 0 unspecified atom stereocenters. The van der Waals surface area contributed by atoms with Crippen molar-refractivity contribution in [1.82, 2.24) is 4.98 Å². The fraction of sp³-hybridized carbons (Fsp3) is 0.211. The van der Waals surface area contributed by atoms with E-state index in [4.69, 9.17) is 4.42 Å². The second kappa shape index (κ2) is 7.11. The van der Waals surface area contributed by atoms with Crippen molar-refractivity contribution in [3.63, 3.8) is 0 Å². The molecular weight excluding hydrogens is 336 g/mol. The standard InChI is InChI=1S/C19H20N2O3S/c1-3-15-9-11-17(12-10-15)25(22,23)19-18(24-14(2)21-19)20-13-16-7-5-4-6-8-16/h4-12,20H,3,13H2,1-2H3. The molecule has 1 aromatic heterocycles. The molecule has 0 atom stereocenters. The van der Waals surface area contributed by atoms with Crippen molar-refractivity contribution in [2.24, 2.45) is 0 Å². The van der Waals surface area contributed by atoms with Gasteiger partial charge in [0, 0.05) is 13.5 Å². The van der Waals surface area contributed by atoms with Gasteiger partial charge in [-0.2, -0.15) is 4.98 Å². The van der Waals surface area contributed by atoms with Crippen LogP contribution in [0.4, 0.5) is 5.88 Å². The topological polar surface area (TPSA) is 72.2 Å². The highest BCUT2D eigenvalue weighted by Crippen LogP contribution is 2.28. The van der Waals surface area contributed by atoms with Gasteiger partial charge >= 0.3 is 0 Å². The summed E-state index contributed by atoms with van der Waals surface area (Å²) in [5.74, 6) is 0.472. The highest BCUT2D eigenvalue weighted by Gasteiger charge is 2.27. The van der Waals surface area contributed by atoms with Crippen LogP contribution in [0.25, 0.3) is 0 Å². The Morgan fingerprint density at radius 1 is 1.00 bits per heavy atom. The summed E-state index contributed by atoms with van der Waals surface area (Å²) in [6.45, 7) is 4.11. The fourth-order valence-corrected chi connectivity index (χ4v) is 3.82. The molecule has 130 valence electrons. The van der Waals surface area contributed by atoms with Crippen molar-refractivity contribution >= 4 is 15.7 Å². The Balaban J connectivity index is 1.90. The van der Waals surface area contributed by atoms with Gasteiger partial charge in [-0.1, -0.05) is 49.4 Å². The van der Waals surface area contributed by atoms with Crippen LogP contribution < -0.4 is 5.32 Å². The van der Waals surface area contributed by atoms with Gasteiger partial charge in [-0.05, 0) is 29.7 Å². The first-order chi connectivity index (χ1) is 12.0. The summed E-state index contributed by atoms with van der Waals surface area (Å²) in [7, 11) is -3.75. The molecule has 0 bridgehead atoms. The zero-order valence-electron chi connectivity index (χ0n) is 14.2. The third kappa shape index (κ3) is 3.74. The van der Waals surface area contributed by atoms with Gasteiger partial charge in [0.25, 0.3) is 0 Å². The number of nitrogens with one attached hydrogen (secondary N) is 1. The van der Waals surface area contributed by atoms with Crippen molar-refractivity contribution in [3.05, 3.63) is 71.6 Å². The highest BCUT2D eigenvalue weighted by molar-refractivity contribution is 7.91.